The Bertz CT molecular complexity index is 1400. The molecule has 0 aromatic carbocycles. The number of amides is 1. The van der Waals surface area contributed by atoms with E-state index in [4.69, 9.17) is 0 Å². The first-order valence-corrected chi connectivity index (χ1v) is 10.4. The Hall–Kier alpha value is -4.27. The third-order valence-corrected chi connectivity index (χ3v) is 5.10. The van der Waals surface area contributed by atoms with Gasteiger partial charge in [0.2, 0.25) is 5.95 Å². The Morgan fingerprint density at radius 1 is 1.22 bits per heavy atom. The third-order valence-electron chi connectivity index (χ3n) is 5.10. The molecule has 0 bridgehead atoms. The summed E-state index contributed by atoms with van der Waals surface area (Å²) in [4.78, 5) is 29.1. The van der Waals surface area contributed by atoms with E-state index in [9.17, 15) is 4.79 Å². The third kappa shape index (κ3) is 3.76. The number of pyridine rings is 2. The van der Waals surface area contributed by atoms with Crippen molar-refractivity contribution in [3.63, 3.8) is 0 Å². The minimum Gasteiger partial charge on any atom is -0.354 e. The zero-order valence-electron chi connectivity index (χ0n) is 17.7. The topological polar surface area (TPSA) is 113 Å². The minimum atomic E-state index is -0.242. The largest absolute Gasteiger partial charge is 0.354 e. The molecule has 5 aromatic heterocycles. The number of H-pyrrole nitrogens is 1. The molecule has 0 fully saturated rings. The highest BCUT2D eigenvalue weighted by Crippen LogP contribution is 2.29. The van der Waals surface area contributed by atoms with Gasteiger partial charge in [-0.15, -0.1) is 0 Å². The lowest BCUT2D eigenvalue weighted by molar-refractivity contribution is 0.102. The highest BCUT2D eigenvalue weighted by molar-refractivity contribution is 6.09. The van der Waals surface area contributed by atoms with Crippen LogP contribution in [0.4, 0.5) is 11.6 Å². The van der Waals surface area contributed by atoms with Gasteiger partial charge in [0.05, 0.1) is 29.2 Å². The molecule has 0 saturated carbocycles. The average Bonchev–Trinajstić information content (AvgIpc) is 3.41. The molecule has 0 radical (unpaired) electrons. The van der Waals surface area contributed by atoms with E-state index < -0.39 is 0 Å². The van der Waals surface area contributed by atoms with E-state index in [2.05, 4.69) is 49.5 Å². The number of carbonyl (C=O) groups is 1. The first-order chi connectivity index (χ1) is 15.6. The van der Waals surface area contributed by atoms with Gasteiger partial charge in [-0.1, -0.05) is 13.8 Å². The molecule has 0 aliphatic heterocycles. The molecule has 32 heavy (non-hydrogen) atoms. The van der Waals surface area contributed by atoms with E-state index in [1.165, 1.54) is 0 Å². The van der Waals surface area contributed by atoms with Crippen molar-refractivity contribution in [1.82, 2.24) is 29.5 Å². The molecule has 0 atom stereocenters. The lowest BCUT2D eigenvalue weighted by Crippen LogP contribution is -2.11. The fraction of sp³-hybridized carbons (Fsp3) is 0.174. The van der Waals surface area contributed by atoms with Gasteiger partial charge in [0.1, 0.15) is 5.65 Å². The van der Waals surface area contributed by atoms with Gasteiger partial charge in [0.25, 0.3) is 5.91 Å². The van der Waals surface area contributed by atoms with E-state index in [1.54, 1.807) is 35.2 Å². The summed E-state index contributed by atoms with van der Waals surface area (Å²) in [5.41, 5.74) is 4.46. The van der Waals surface area contributed by atoms with Crippen LogP contribution in [0.2, 0.25) is 0 Å². The van der Waals surface area contributed by atoms with Gasteiger partial charge in [-0.25, -0.2) is 9.50 Å². The van der Waals surface area contributed by atoms with Crippen molar-refractivity contribution in [2.75, 3.05) is 17.2 Å². The molecule has 3 N–H and O–H groups in total. The second-order valence-electron chi connectivity index (χ2n) is 7.93. The number of carbonyl (C=O) groups excluding carboxylic acids is 1. The van der Waals surface area contributed by atoms with Gasteiger partial charge in [-0.2, -0.15) is 10.1 Å². The maximum Gasteiger partial charge on any atom is 0.259 e. The molecular weight excluding hydrogens is 404 g/mol. The van der Waals surface area contributed by atoms with Gasteiger partial charge in [0.15, 0.2) is 0 Å². The maximum absolute atomic E-state index is 12.8. The second-order valence-corrected chi connectivity index (χ2v) is 7.93. The van der Waals surface area contributed by atoms with Gasteiger partial charge in [-0.05, 0) is 35.7 Å². The number of fused-ring (bicyclic) bond motifs is 2. The summed E-state index contributed by atoms with van der Waals surface area (Å²) in [6.07, 6.45) is 10.4. The molecule has 0 aliphatic carbocycles. The molecule has 0 saturated heterocycles. The fourth-order valence-electron chi connectivity index (χ4n) is 3.48. The van der Waals surface area contributed by atoms with Crippen LogP contribution in [0.5, 0.6) is 0 Å². The van der Waals surface area contributed by atoms with Crippen LogP contribution < -0.4 is 10.6 Å². The van der Waals surface area contributed by atoms with E-state index in [-0.39, 0.29) is 5.91 Å². The first-order valence-electron chi connectivity index (χ1n) is 10.4. The molecule has 5 aromatic rings. The standard InChI is InChI=1S/C23H22N8O/c1-14(2)9-26-23-27-12-18-17(11-25-21(18)30-23)15-5-7-31-20(8-15)19(13-28-31)22(32)29-16-4-3-6-24-10-16/h3-8,10-14H,9H2,1-2H3,(H,29,32)(H2,25,26,27,30). The van der Waals surface area contributed by atoms with E-state index in [0.717, 1.165) is 28.7 Å². The van der Waals surface area contributed by atoms with E-state index in [0.29, 0.717) is 28.6 Å². The number of nitrogens with one attached hydrogen (secondary N) is 3. The summed E-state index contributed by atoms with van der Waals surface area (Å²) in [7, 11) is 0. The van der Waals surface area contributed by atoms with Gasteiger partial charge in [0, 0.05) is 42.3 Å². The maximum atomic E-state index is 12.8. The van der Waals surface area contributed by atoms with Gasteiger partial charge in [-0.3, -0.25) is 9.78 Å². The van der Waals surface area contributed by atoms with Crippen molar-refractivity contribution < 1.29 is 4.79 Å². The van der Waals surface area contributed by atoms with Crippen LogP contribution in [0.1, 0.15) is 24.2 Å². The number of rotatable bonds is 6. The zero-order chi connectivity index (χ0) is 22.1. The molecule has 5 rings (SSSR count). The summed E-state index contributed by atoms with van der Waals surface area (Å²) in [6, 6.07) is 7.46. The van der Waals surface area contributed by atoms with Crippen LogP contribution in [-0.4, -0.2) is 42.0 Å². The van der Waals surface area contributed by atoms with Crippen molar-refractivity contribution in [3.8, 4) is 11.1 Å². The number of hydrogen-bond acceptors (Lipinski definition) is 6. The van der Waals surface area contributed by atoms with Crippen molar-refractivity contribution in [2.45, 2.75) is 13.8 Å². The summed E-state index contributed by atoms with van der Waals surface area (Å²) < 4.78 is 1.68. The number of anilines is 2. The highest BCUT2D eigenvalue weighted by Gasteiger charge is 2.16. The number of aromatic nitrogens is 6. The quantitative estimate of drug-likeness (QED) is 0.378. The van der Waals surface area contributed by atoms with Gasteiger partial charge >= 0.3 is 0 Å². The molecule has 0 aliphatic rings. The molecule has 9 nitrogen and oxygen atoms in total. The fourth-order valence-corrected chi connectivity index (χ4v) is 3.48. The molecule has 160 valence electrons. The molecule has 0 unspecified atom stereocenters. The minimum absolute atomic E-state index is 0.242. The molecule has 5 heterocycles. The van der Waals surface area contributed by atoms with Crippen LogP contribution >= 0.6 is 0 Å². The Morgan fingerprint density at radius 2 is 2.12 bits per heavy atom. The summed E-state index contributed by atoms with van der Waals surface area (Å²) >= 11 is 0. The lowest BCUT2D eigenvalue weighted by Gasteiger charge is -2.07. The second kappa shape index (κ2) is 8.10. The van der Waals surface area contributed by atoms with Crippen molar-refractivity contribution in [2.24, 2.45) is 5.92 Å². The smallest absolute Gasteiger partial charge is 0.259 e. The van der Waals surface area contributed by atoms with Crippen LogP contribution in [-0.2, 0) is 0 Å². The number of hydrogen-bond donors (Lipinski definition) is 3. The summed E-state index contributed by atoms with van der Waals surface area (Å²) in [5.74, 6) is 0.855. The summed E-state index contributed by atoms with van der Waals surface area (Å²) in [6.45, 7) is 5.08. The monoisotopic (exact) mass is 426 g/mol. The first kappa shape index (κ1) is 19.7. The van der Waals surface area contributed by atoms with Crippen LogP contribution in [0.15, 0.2) is 61.4 Å². The molecular formula is C23H22N8O. The lowest BCUT2D eigenvalue weighted by atomic mass is 10.1. The van der Waals surface area contributed by atoms with Crippen LogP contribution in [0.25, 0.3) is 27.7 Å². The Balaban J connectivity index is 1.48. The molecule has 9 heteroatoms. The van der Waals surface area contributed by atoms with Crippen LogP contribution in [0, 0.1) is 5.92 Å². The Labute approximate surface area is 183 Å². The number of aromatic amines is 1. The molecule has 0 spiro atoms. The van der Waals surface area contributed by atoms with Crippen LogP contribution in [0.3, 0.4) is 0 Å². The van der Waals surface area contributed by atoms with Crippen molar-refractivity contribution in [1.29, 1.82) is 0 Å². The highest BCUT2D eigenvalue weighted by atomic mass is 16.1. The Kier molecular flexibility index (Phi) is 4.98. The van der Waals surface area contributed by atoms with Crippen molar-refractivity contribution in [3.05, 3.63) is 67.0 Å². The van der Waals surface area contributed by atoms with E-state index >= 15 is 0 Å². The SMILES string of the molecule is CC(C)CNc1ncc2c(-c3ccn4ncc(C(=O)Nc5cccnc5)c4c3)c[nH]c2n1. The van der Waals surface area contributed by atoms with Crippen molar-refractivity contribution >= 4 is 34.1 Å². The number of nitrogens with zero attached hydrogens (tertiary/aromatic N) is 5. The normalized spacial score (nSPS) is 11.3. The van der Waals surface area contributed by atoms with Gasteiger partial charge < -0.3 is 15.6 Å². The van der Waals surface area contributed by atoms with E-state index in [1.807, 2.05) is 30.7 Å². The predicted molar refractivity (Wildman–Crippen MR) is 124 cm³/mol. The predicted octanol–water partition coefficient (Wildman–Crippen LogP) is 3.99. The average molecular weight is 426 g/mol. The summed E-state index contributed by atoms with van der Waals surface area (Å²) in [5, 5.41) is 11.3. The Morgan fingerprint density at radius 3 is 2.94 bits per heavy atom. The zero-order valence-corrected chi connectivity index (χ0v) is 17.7. The molecule has 1 amide bonds.